The second-order valence-corrected chi connectivity index (χ2v) is 10.1. The van der Waals surface area contributed by atoms with Gasteiger partial charge in [0.05, 0.1) is 23.6 Å². The number of benzene rings is 3. The zero-order valence-corrected chi connectivity index (χ0v) is 22.4. The number of fused-ring (bicyclic) bond motifs is 2. The van der Waals surface area contributed by atoms with Crippen LogP contribution in [-0.2, 0) is 28.2 Å². The number of aromatic nitrogens is 1. The quantitative estimate of drug-likeness (QED) is 0.128. The Morgan fingerprint density at radius 2 is 1.98 bits per heavy atom. The molecule has 1 aliphatic heterocycles. The van der Waals surface area contributed by atoms with Crippen LogP contribution in [0.25, 0.3) is 10.9 Å². The normalized spacial score (nSPS) is 17.2. The Morgan fingerprint density at radius 1 is 1.17 bits per heavy atom. The number of aliphatic hydroxyl groups excluding tert-OH is 1. The van der Waals surface area contributed by atoms with E-state index in [1.807, 2.05) is 30.5 Å². The van der Waals surface area contributed by atoms with Crippen LogP contribution in [0.4, 0.5) is 17.1 Å². The number of hydrogen-bond acceptors (Lipinski definition) is 6. The average Bonchev–Trinajstić information content (AvgIpc) is 3.46. The number of aromatic amines is 1. The van der Waals surface area contributed by atoms with Crippen molar-refractivity contribution in [3.05, 3.63) is 112 Å². The summed E-state index contributed by atoms with van der Waals surface area (Å²) in [5, 5.41) is 36.2. The molecule has 2 amide bonds. The van der Waals surface area contributed by atoms with E-state index in [-0.39, 0.29) is 36.7 Å². The van der Waals surface area contributed by atoms with Gasteiger partial charge in [0, 0.05) is 53.0 Å². The van der Waals surface area contributed by atoms with Gasteiger partial charge in [-0.3, -0.25) is 19.7 Å². The van der Waals surface area contributed by atoms with Crippen LogP contribution in [0.15, 0.2) is 85.1 Å². The van der Waals surface area contributed by atoms with Crippen molar-refractivity contribution in [2.24, 2.45) is 5.92 Å². The Morgan fingerprint density at radius 3 is 2.76 bits per heavy atom. The molecular weight excluding hydrogens is 524 g/mol. The fourth-order valence-corrected chi connectivity index (χ4v) is 5.31. The van der Waals surface area contributed by atoms with Crippen LogP contribution >= 0.6 is 0 Å². The molecule has 1 aromatic heterocycles. The Hall–Kier alpha value is -4.80. The predicted molar refractivity (Wildman–Crippen MR) is 155 cm³/mol. The third-order valence-corrected chi connectivity index (χ3v) is 7.42. The average molecular weight is 555 g/mol. The lowest BCUT2D eigenvalue weighted by Gasteiger charge is -2.27. The monoisotopic (exact) mass is 554 g/mol. The number of nitro benzene ring substituents is 1. The number of aliphatic hydroxyl groups is 2. The number of non-ortho nitro benzene ring substituents is 1. The van der Waals surface area contributed by atoms with E-state index < -0.39 is 22.3 Å². The van der Waals surface area contributed by atoms with Crippen LogP contribution in [0.3, 0.4) is 0 Å². The standard InChI is InChI=1S/C31H30N4O6/c1-20(7-4-5-14-36)31(39)26-17-24(35(40)41)12-13-28(26)34(30(31)38)19-21-8-6-9-23(15-21)33-29(37)16-22-18-32-27-11-3-2-10-25(22)27/h2-4,6-13,15,17-18,20,32,36,39H,5,14,16,19H2,1H3,(H,33,37)/b7-4+/t20-,31+/m0/s1. The largest absolute Gasteiger partial charge is 0.396 e. The second kappa shape index (κ2) is 11.4. The number of nitrogens with one attached hydrogen (secondary N) is 2. The molecule has 5 rings (SSSR count). The highest BCUT2D eigenvalue weighted by Crippen LogP contribution is 2.47. The van der Waals surface area contributed by atoms with Gasteiger partial charge in [-0.1, -0.05) is 49.4 Å². The molecule has 1 aliphatic rings. The zero-order valence-electron chi connectivity index (χ0n) is 22.4. The van der Waals surface area contributed by atoms with E-state index in [4.69, 9.17) is 5.11 Å². The molecule has 10 nitrogen and oxygen atoms in total. The maximum absolute atomic E-state index is 13.7. The molecule has 0 saturated heterocycles. The molecule has 0 radical (unpaired) electrons. The van der Waals surface area contributed by atoms with Crippen LogP contribution in [0.2, 0.25) is 0 Å². The van der Waals surface area contributed by atoms with E-state index in [0.717, 1.165) is 16.5 Å². The Balaban J connectivity index is 1.38. The van der Waals surface area contributed by atoms with E-state index in [1.54, 1.807) is 43.3 Å². The van der Waals surface area contributed by atoms with Gasteiger partial charge >= 0.3 is 0 Å². The highest BCUT2D eigenvalue weighted by molar-refractivity contribution is 6.07. The molecule has 41 heavy (non-hydrogen) atoms. The molecule has 0 unspecified atom stereocenters. The Kier molecular flexibility index (Phi) is 7.69. The van der Waals surface area contributed by atoms with E-state index in [1.165, 1.54) is 23.1 Å². The summed E-state index contributed by atoms with van der Waals surface area (Å²) in [6, 6.07) is 18.8. The van der Waals surface area contributed by atoms with E-state index >= 15 is 0 Å². The van der Waals surface area contributed by atoms with Gasteiger partial charge < -0.3 is 25.4 Å². The van der Waals surface area contributed by atoms with Gasteiger partial charge in [-0.25, -0.2) is 0 Å². The fourth-order valence-electron chi connectivity index (χ4n) is 5.31. The maximum Gasteiger partial charge on any atom is 0.269 e. The van der Waals surface area contributed by atoms with Crippen LogP contribution in [-0.4, -0.2) is 38.5 Å². The summed E-state index contributed by atoms with van der Waals surface area (Å²) in [5.74, 6) is -1.52. The zero-order chi connectivity index (χ0) is 29.1. The summed E-state index contributed by atoms with van der Waals surface area (Å²) >= 11 is 0. The number of carbonyl (C=O) groups is 2. The minimum atomic E-state index is -2.03. The number of nitrogens with zero attached hydrogens (tertiary/aromatic N) is 2. The fraction of sp³-hybridized carbons (Fsp3) is 0.226. The minimum absolute atomic E-state index is 0.0746. The van der Waals surface area contributed by atoms with Crippen LogP contribution < -0.4 is 10.2 Å². The molecule has 0 fully saturated rings. The van der Waals surface area contributed by atoms with E-state index in [2.05, 4.69) is 10.3 Å². The van der Waals surface area contributed by atoms with Crippen molar-refractivity contribution in [2.45, 2.75) is 31.9 Å². The third kappa shape index (κ3) is 5.34. The molecule has 0 spiro atoms. The summed E-state index contributed by atoms with van der Waals surface area (Å²) in [7, 11) is 0. The minimum Gasteiger partial charge on any atom is -0.396 e. The lowest BCUT2D eigenvalue weighted by atomic mass is 9.82. The molecule has 10 heteroatoms. The SMILES string of the molecule is C[C@@H](/C=C/CCO)[C@]1(O)C(=O)N(Cc2cccc(NC(=O)Cc3c[nH]c4ccccc34)c2)c2ccc([N+](=O)[O-])cc21. The Labute approximate surface area is 236 Å². The lowest BCUT2D eigenvalue weighted by Crippen LogP contribution is -2.44. The summed E-state index contributed by atoms with van der Waals surface area (Å²) in [4.78, 5) is 42.1. The molecule has 2 heterocycles. The number of nitro groups is 1. The number of anilines is 2. The smallest absolute Gasteiger partial charge is 0.269 e. The van der Waals surface area contributed by atoms with Gasteiger partial charge in [0.15, 0.2) is 5.60 Å². The summed E-state index contributed by atoms with van der Waals surface area (Å²) in [5.41, 5.74) is 1.35. The van der Waals surface area contributed by atoms with E-state index in [9.17, 15) is 24.8 Å². The first-order chi connectivity index (χ1) is 19.7. The van der Waals surface area contributed by atoms with Crippen molar-refractivity contribution in [3.63, 3.8) is 0 Å². The molecule has 4 N–H and O–H groups in total. The van der Waals surface area contributed by atoms with Crippen LogP contribution in [0.1, 0.15) is 30.0 Å². The van der Waals surface area contributed by atoms with E-state index in [0.29, 0.717) is 23.4 Å². The van der Waals surface area contributed by atoms with Crippen molar-refractivity contribution in [1.82, 2.24) is 4.98 Å². The highest BCUT2D eigenvalue weighted by Gasteiger charge is 2.53. The van der Waals surface area contributed by atoms with Gasteiger partial charge in [0.2, 0.25) is 5.91 Å². The maximum atomic E-state index is 13.7. The van der Waals surface area contributed by atoms with Gasteiger partial charge in [-0.2, -0.15) is 0 Å². The van der Waals surface area contributed by atoms with Crippen molar-refractivity contribution in [3.8, 4) is 0 Å². The van der Waals surface area contributed by atoms with Crippen LogP contribution in [0.5, 0.6) is 0 Å². The second-order valence-electron chi connectivity index (χ2n) is 10.1. The number of para-hydroxylation sites is 1. The number of hydrogen-bond donors (Lipinski definition) is 4. The first-order valence-electron chi connectivity index (χ1n) is 13.3. The number of H-pyrrole nitrogens is 1. The third-order valence-electron chi connectivity index (χ3n) is 7.42. The number of carbonyl (C=O) groups excluding carboxylic acids is 2. The van der Waals surface area contributed by atoms with Gasteiger partial charge in [0.25, 0.3) is 11.6 Å². The summed E-state index contributed by atoms with van der Waals surface area (Å²) < 4.78 is 0. The molecule has 0 saturated carbocycles. The molecule has 0 bridgehead atoms. The molecule has 210 valence electrons. The van der Waals surface area contributed by atoms with Gasteiger partial charge in [-0.05, 0) is 41.8 Å². The summed E-state index contributed by atoms with van der Waals surface area (Å²) in [6.07, 6.45) is 5.64. The van der Waals surface area contributed by atoms with Crippen molar-refractivity contribution < 1.29 is 24.7 Å². The number of amides is 2. The number of rotatable bonds is 10. The topological polar surface area (TPSA) is 149 Å². The molecular formula is C31H30N4O6. The molecule has 2 atom stereocenters. The van der Waals surface area contributed by atoms with Crippen molar-refractivity contribution >= 4 is 39.8 Å². The highest BCUT2D eigenvalue weighted by atomic mass is 16.6. The first-order valence-corrected chi connectivity index (χ1v) is 13.3. The van der Waals surface area contributed by atoms with Gasteiger partial charge in [-0.15, -0.1) is 0 Å². The predicted octanol–water partition coefficient (Wildman–Crippen LogP) is 4.57. The lowest BCUT2D eigenvalue weighted by molar-refractivity contribution is -0.385. The van der Waals surface area contributed by atoms with Crippen molar-refractivity contribution in [1.29, 1.82) is 0 Å². The summed E-state index contributed by atoms with van der Waals surface area (Å²) in [6.45, 7) is 1.64. The van der Waals surface area contributed by atoms with Crippen LogP contribution in [0, 0.1) is 16.0 Å². The van der Waals surface area contributed by atoms with Crippen molar-refractivity contribution in [2.75, 3.05) is 16.8 Å². The molecule has 0 aliphatic carbocycles. The molecule has 4 aromatic rings. The molecule has 3 aromatic carbocycles. The first kappa shape index (κ1) is 27.8. The Bertz CT molecular complexity index is 1660. The van der Waals surface area contributed by atoms with Gasteiger partial charge in [0.1, 0.15) is 0 Å².